The monoisotopic (exact) mass is 428 g/mol. The third-order valence-electron chi connectivity index (χ3n) is 5.30. The molecule has 0 aliphatic rings. The number of benzene rings is 3. The van der Waals surface area contributed by atoms with Gasteiger partial charge in [0.1, 0.15) is 5.75 Å². The van der Waals surface area contributed by atoms with Crippen LogP contribution in [0, 0.1) is 6.92 Å². The lowest BCUT2D eigenvalue weighted by molar-refractivity contribution is -0.152. The first-order chi connectivity index (χ1) is 15.2. The molecule has 0 amide bonds. The number of nitrogens with zero attached hydrogens (tertiary/aromatic N) is 2. The van der Waals surface area contributed by atoms with E-state index in [1.165, 1.54) is 13.8 Å². The molecule has 0 aliphatic heterocycles. The summed E-state index contributed by atoms with van der Waals surface area (Å²) < 4.78 is 7.57. The van der Waals surface area contributed by atoms with E-state index in [4.69, 9.17) is 4.74 Å². The molecule has 4 rings (SSSR count). The molecule has 4 aromatic rings. The van der Waals surface area contributed by atoms with E-state index in [0.29, 0.717) is 23.7 Å². The highest BCUT2D eigenvalue weighted by Gasteiger charge is 2.29. The van der Waals surface area contributed by atoms with Crippen molar-refractivity contribution < 1.29 is 19.4 Å². The van der Waals surface area contributed by atoms with Crippen LogP contribution in [-0.2, 0) is 11.3 Å². The van der Waals surface area contributed by atoms with Crippen LogP contribution in [0.2, 0.25) is 0 Å². The van der Waals surface area contributed by atoms with Crippen molar-refractivity contribution in [2.24, 2.45) is 0 Å². The maximum Gasteiger partial charge on any atom is 0.347 e. The first-order valence-corrected chi connectivity index (χ1v) is 10.3. The number of aryl methyl sites for hydroxylation is 1. The van der Waals surface area contributed by atoms with E-state index in [9.17, 15) is 14.7 Å². The van der Waals surface area contributed by atoms with E-state index in [1.807, 2.05) is 72.2 Å². The van der Waals surface area contributed by atoms with Crippen LogP contribution in [0.15, 0.2) is 72.8 Å². The Morgan fingerprint density at radius 1 is 1.00 bits per heavy atom. The summed E-state index contributed by atoms with van der Waals surface area (Å²) in [6.07, 6.45) is 0. The number of carboxylic acid groups (broad SMARTS) is 1. The SMILES string of the molecule is Cc1ccc(C(=O)c2nc3ccccc3n2Cc2cccc(OC(C)(C)C(=O)O)c2)cc1. The zero-order valence-corrected chi connectivity index (χ0v) is 18.2. The lowest BCUT2D eigenvalue weighted by Crippen LogP contribution is -2.37. The second kappa shape index (κ2) is 8.30. The Kier molecular flexibility index (Phi) is 5.53. The van der Waals surface area contributed by atoms with Crippen LogP contribution < -0.4 is 4.74 Å². The summed E-state index contributed by atoms with van der Waals surface area (Å²) in [5, 5.41) is 9.35. The van der Waals surface area contributed by atoms with Gasteiger partial charge in [0.05, 0.1) is 11.0 Å². The standard InChI is InChI=1S/C26H24N2O4/c1-17-11-13-19(14-12-17)23(29)24-27-21-9-4-5-10-22(21)28(24)16-18-7-6-8-20(15-18)32-26(2,3)25(30)31/h4-15H,16H2,1-3H3,(H,30,31). The molecule has 0 bridgehead atoms. The van der Waals surface area contributed by atoms with Gasteiger partial charge in [-0.2, -0.15) is 0 Å². The number of carbonyl (C=O) groups is 2. The van der Waals surface area contributed by atoms with Gasteiger partial charge in [-0.25, -0.2) is 9.78 Å². The molecule has 6 nitrogen and oxygen atoms in total. The third-order valence-corrected chi connectivity index (χ3v) is 5.30. The predicted molar refractivity (Wildman–Crippen MR) is 122 cm³/mol. The number of rotatable bonds is 7. The Morgan fingerprint density at radius 3 is 2.44 bits per heavy atom. The van der Waals surface area contributed by atoms with Gasteiger partial charge in [-0.05, 0) is 50.6 Å². The topological polar surface area (TPSA) is 81.4 Å². The molecule has 0 fully saturated rings. The van der Waals surface area contributed by atoms with Crippen molar-refractivity contribution in [2.45, 2.75) is 32.9 Å². The maximum absolute atomic E-state index is 13.3. The summed E-state index contributed by atoms with van der Waals surface area (Å²) in [6, 6.07) is 22.3. The molecule has 1 aromatic heterocycles. The van der Waals surface area contributed by atoms with Gasteiger partial charge < -0.3 is 14.4 Å². The molecule has 0 saturated carbocycles. The fourth-order valence-electron chi connectivity index (χ4n) is 3.47. The summed E-state index contributed by atoms with van der Waals surface area (Å²) in [7, 11) is 0. The second-order valence-electron chi connectivity index (χ2n) is 8.27. The number of para-hydroxylation sites is 2. The summed E-state index contributed by atoms with van der Waals surface area (Å²) in [5.74, 6) is -0.395. The van der Waals surface area contributed by atoms with Crippen molar-refractivity contribution in [3.8, 4) is 5.75 Å². The number of aromatic nitrogens is 2. The number of imidazole rings is 1. The quantitative estimate of drug-likeness (QED) is 0.425. The first kappa shape index (κ1) is 21.3. The Balaban J connectivity index is 1.73. The van der Waals surface area contributed by atoms with Crippen molar-refractivity contribution in [3.63, 3.8) is 0 Å². The Morgan fingerprint density at radius 2 is 1.72 bits per heavy atom. The number of hydrogen-bond donors (Lipinski definition) is 1. The highest BCUT2D eigenvalue weighted by atomic mass is 16.5. The molecule has 6 heteroatoms. The molecule has 1 N–H and O–H groups in total. The largest absolute Gasteiger partial charge is 0.478 e. The van der Waals surface area contributed by atoms with Gasteiger partial charge in [0.25, 0.3) is 0 Å². The van der Waals surface area contributed by atoms with E-state index >= 15 is 0 Å². The van der Waals surface area contributed by atoms with Crippen molar-refractivity contribution in [1.82, 2.24) is 9.55 Å². The predicted octanol–water partition coefficient (Wildman–Crippen LogP) is 4.87. The summed E-state index contributed by atoms with van der Waals surface area (Å²) in [5.41, 5.74) is 2.75. The Labute approximate surface area is 186 Å². The van der Waals surface area contributed by atoms with Crippen molar-refractivity contribution in [2.75, 3.05) is 0 Å². The molecule has 3 aromatic carbocycles. The molecule has 0 saturated heterocycles. The van der Waals surface area contributed by atoms with Crippen molar-refractivity contribution in [1.29, 1.82) is 0 Å². The fraction of sp³-hybridized carbons (Fsp3) is 0.192. The van der Waals surface area contributed by atoms with E-state index < -0.39 is 11.6 Å². The number of carbonyl (C=O) groups excluding carboxylic acids is 1. The molecular weight excluding hydrogens is 404 g/mol. The molecule has 0 atom stereocenters. The Hall–Kier alpha value is -3.93. The minimum Gasteiger partial charge on any atom is -0.478 e. The van der Waals surface area contributed by atoms with Gasteiger partial charge in [-0.15, -0.1) is 0 Å². The zero-order chi connectivity index (χ0) is 22.9. The lowest BCUT2D eigenvalue weighted by Gasteiger charge is -2.22. The molecule has 0 radical (unpaired) electrons. The van der Waals surface area contributed by atoms with Crippen molar-refractivity contribution >= 4 is 22.8 Å². The lowest BCUT2D eigenvalue weighted by atomic mass is 10.1. The average molecular weight is 428 g/mol. The van der Waals surface area contributed by atoms with Gasteiger partial charge in [-0.1, -0.05) is 54.1 Å². The minimum atomic E-state index is -1.35. The molecule has 1 heterocycles. The minimum absolute atomic E-state index is 0.152. The molecular formula is C26H24N2O4. The highest BCUT2D eigenvalue weighted by molar-refractivity contribution is 6.08. The Bertz CT molecular complexity index is 1300. The van der Waals surface area contributed by atoms with Gasteiger partial charge in [0.15, 0.2) is 11.4 Å². The fourth-order valence-corrected chi connectivity index (χ4v) is 3.47. The third kappa shape index (κ3) is 4.25. The van der Waals surface area contributed by atoms with Gasteiger partial charge in [0.2, 0.25) is 5.78 Å². The second-order valence-corrected chi connectivity index (χ2v) is 8.27. The van der Waals surface area contributed by atoms with Crippen LogP contribution in [0.3, 0.4) is 0 Å². The van der Waals surface area contributed by atoms with Gasteiger partial charge >= 0.3 is 5.97 Å². The zero-order valence-electron chi connectivity index (χ0n) is 18.2. The van der Waals surface area contributed by atoms with Gasteiger partial charge in [0, 0.05) is 12.1 Å². The number of aliphatic carboxylic acids is 1. The summed E-state index contributed by atoms with van der Waals surface area (Å²) in [6.45, 7) is 5.37. The molecule has 0 unspecified atom stereocenters. The number of ketones is 1. The van der Waals surface area contributed by atoms with Crippen LogP contribution in [0.1, 0.15) is 41.2 Å². The highest BCUT2D eigenvalue weighted by Crippen LogP contribution is 2.24. The van der Waals surface area contributed by atoms with Crippen LogP contribution in [0.4, 0.5) is 0 Å². The normalized spacial score (nSPS) is 11.5. The molecule has 0 aliphatic carbocycles. The summed E-state index contributed by atoms with van der Waals surface area (Å²) >= 11 is 0. The van der Waals surface area contributed by atoms with Crippen LogP contribution in [-0.4, -0.2) is 32.0 Å². The van der Waals surface area contributed by atoms with E-state index in [-0.39, 0.29) is 5.78 Å². The van der Waals surface area contributed by atoms with E-state index in [1.54, 1.807) is 12.1 Å². The molecule has 0 spiro atoms. The first-order valence-electron chi connectivity index (χ1n) is 10.3. The smallest absolute Gasteiger partial charge is 0.347 e. The van der Waals surface area contributed by atoms with Crippen LogP contribution in [0.5, 0.6) is 5.75 Å². The summed E-state index contributed by atoms with van der Waals surface area (Å²) in [4.78, 5) is 29.3. The van der Waals surface area contributed by atoms with E-state index in [0.717, 1.165) is 22.2 Å². The van der Waals surface area contributed by atoms with Gasteiger partial charge in [-0.3, -0.25) is 4.79 Å². The molecule has 162 valence electrons. The molecule has 32 heavy (non-hydrogen) atoms. The average Bonchev–Trinajstić information content (AvgIpc) is 3.12. The van der Waals surface area contributed by atoms with Crippen molar-refractivity contribution in [3.05, 3.63) is 95.3 Å². The maximum atomic E-state index is 13.3. The number of carboxylic acids is 1. The number of hydrogen-bond acceptors (Lipinski definition) is 4. The number of ether oxygens (including phenoxy) is 1. The van der Waals surface area contributed by atoms with Crippen LogP contribution >= 0.6 is 0 Å². The van der Waals surface area contributed by atoms with Crippen LogP contribution in [0.25, 0.3) is 11.0 Å². The van der Waals surface area contributed by atoms with E-state index in [2.05, 4.69) is 4.98 Å². The number of fused-ring (bicyclic) bond motifs is 1.